The summed E-state index contributed by atoms with van der Waals surface area (Å²) in [4.78, 5) is 42.5. The van der Waals surface area contributed by atoms with Crippen LogP contribution in [0.2, 0.25) is 0 Å². The smallest absolute Gasteiger partial charge is 0.461 e. The Labute approximate surface area is 380 Å². The number of benzene rings is 1. The van der Waals surface area contributed by atoms with Crippen LogP contribution in [0.4, 0.5) is 0 Å². The van der Waals surface area contributed by atoms with Crippen molar-refractivity contribution >= 4 is 35.5 Å². The van der Waals surface area contributed by atoms with Gasteiger partial charge in [0.1, 0.15) is 12.2 Å². The van der Waals surface area contributed by atoms with Gasteiger partial charge in [0.15, 0.2) is 5.41 Å². The van der Waals surface area contributed by atoms with E-state index in [4.69, 9.17) is 9.47 Å². The molecule has 0 atom stereocenters. The van der Waals surface area contributed by atoms with Gasteiger partial charge in [0.2, 0.25) is 0 Å². The van der Waals surface area contributed by atoms with Gasteiger partial charge in [0.25, 0.3) is 0 Å². The summed E-state index contributed by atoms with van der Waals surface area (Å²) in [6.07, 6.45) is 8.88. The van der Waals surface area contributed by atoms with Gasteiger partial charge < -0.3 is 31.9 Å². The minimum absolute atomic E-state index is 0. The predicted molar refractivity (Wildman–Crippen MR) is 251 cm³/mol. The number of hydrogen-bond donors (Lipinski definition) is 0. The minimum atomic E-state index is -1.34. The molecule has 58 heavy (non-hydrogen) atoms. The Bertz CT molecular complexity index is 1250. The summed E-state index contributed by atoms with van der Waals surface area (Å²) in [5.41, 5.74) is -0.395. The Morgan fingerprint density at radius 1 is 0.672 bits per heavy atom. The molecule has 12 heteroatoms. The fraction of sp³-hybridized carbons (Fsp3) is 0.739. The molecule has 9 nitrogen and oxygen atoms in total. The van der Waals surface area contributed by atoms with Crippen molar-refractivity contribution in [1.29, 1.82) is 0 Å². The van der Waals surface area contributed by atoms with Gasteiger partial charge in [0.05, 0.1) is 10.3 Å². The number of likely N-dealkylation sites (tertiary alicyclic amines) is 2. The van der Waals surface area contributed by atoms with Crippen LogP contribution >= 0.6 is 23.5 Å². The Hall–Kier alpha value is -1.63. The van der Waals surface area contributed by atoms with E-state index in [-0.39, 0.29) is 75.2 Å². The van der Waals surface area contributed by atoms with Crippen molar-refractivity contribution in [2.45, 2.75) is 203 Å². The number of carbonyl (C=O) groups excluding carboxylic acids is 2. The predicted octanol–water partition coefficient (Wildman–Crippen LogP) is 12.3. The van der Waals surface area contributed by atoms with E-state index in [0.29, 0.717) is 0 Å². The van der Waals surface area contributed by atoms with Crippen LogP contribution in [0.3, 0.4) is 0 Å². The summed E-state index contributed by atoms with van der Waals surface area (Å²) in [5, 5.41) is 1.44. The Morgan fingerprint density at radius 2 is 0.948 bits per heavy atom. The van der Waals surface area contributed by atoms with E-state index in [0.717, 1.165) is 36.0 Å². The molecule has 1 radical (unpaired) electrons. The molecule has 0 saturated carbocycles. The quantitative estimate of drug-likeness (QED) is 0.120. The number of aromatic nitrogens is 3. The summed E-state index contributed by atoms with van der Waals surface area (Å²) in [5.74, 6) is -0.991. The third kappa shape index (κ3) is 21.8. The van der Waals surface area contributed by atoms with Crippen LogP contribution in [0, 0.1) is 26.1 Å². The third-order valence-corrected chi connectivity index (χ3v) is 11.0. The minimum Gasteiger partial charge on any atom is -0.461 e. The van der Waals surface area contributed by atoms with Crippen LogP contribution in [-0.4, -0.2) is 97.7 Å². The van der Waals surface area contributed by atoms with Crippen LogP contribution in [0.5, 0.6) is 0 Å². The van der Waals surface area contributed by atoms with E-state index in [1.54, 1.807) is 13.8 Å². The molecule has 4 rings (SSSR count). The van der Waals surface area contributed by atoms with Gasteiger partial charge in [-0.25, -0.2) is 0 Å². The molecular formula is C46H89N5O4S2V. The number of nitrogens with zero attached hydrogens (tertiary/aromatic N) is 5. The first-order valence-corrected chi connectivity index (χ1v) is 22.1. The molecule has 2 saturated heterocycles. The molecule has 0 bridgehead atoms. The first-order valence-electron chi connectivity index (χ1n) is 19.6. The summed E-state index contributed by atoms with van der Waals surface area (Å²) in [6.45, 7) is 34.6. The molecular weight excluding hydrogens is 802 g/mol. The van der Waals surface area contributed by atoms with Crippen molar-refractivity contribution in [1.82, 2.24) is 24.8 Å². The number of hydrogen-bond acceptors (Lipinski definition) is 11. The molecule has 2 aromatic rings. The molecule has 1 aromatic heterocycles. The van der Waals surface area contributed by atoms with E-state index in [1.807, 2.05) is 72.3 Å². The zero-order valence-corrected chi connectivity index (χ0v) is 42.5. The van der Waals surface area contributed by atoms with Gasteiger partial charge >= 0.3 is 30.5 Å². The largest absolute Gasteiger partial charge is 2.00 e. The van der Waals surface area contributed by atoms with Crippen LogP contribution in [0.1, 0.15) is 157 Å². The normalized spacial score (nSPS) is 17.5. The second kappa shape index (κ2) is 31.3. The molecule has 3 heterocycles. The molecule has 2 fully saturated rings. The van der Waals surface area contributed by atoms with E-state index < -0.39 is 17.4 Å². The van der Waals surface area contributed by atoms with E-state index in [1.165, 1.54) is 29.1 Å². The maximum atomic E-state index is 13.1. The summed E-state index contributed by atoms with van der Waals surface area (Å²) in [6, 6.07) is 10.3. The molecule has 0 spiro atoms. The molecule has 339 valence electrons. The van der Waals surface area contributed by atoms with Crippen LogP contribution < -0.4 is 0 Å². The van der Waals surface area contributed by atoms with Crippen molar-refractivity contribution in [3.63, 3.8) is 0 Å². The van der Waals surface area contributed by atoms with E-state index in [9.17, 15) is 9.59 Å². The number of ether oxygens (including phenoxy) is 2. The van der Waals surface area contributed by atoms with Crippen molar-refractivity contribution in [3.05, 3.63) is 49.6 Å². The Balaban J connectivity index is -0.000000206. The molecule has 1 aromatic carbocycles. The van der Waals surface area contributed by atoms with Gasteiger partial charge in [-0.2, -0.15) is 23.5 Å². The van der Waals surface area contributed by atoms with Crippen LogP contribution in [0.15, 0.2) is 40.6 Å². The van der Waals surface area contributed by atoms with Crippen LogP contribution in [-0.2, 0) is 37.6 Å². The van der Waals surface area contributed by atoms with Gasteiger partial charge in [-0.3, -0.25) is 19.4 Å². The average molecular weight is 891 g/mol. The van der Waals surface area contributed by atoms with Gasteiger partial charge in [0, 0.05) is 54.2 Å². The van der Waals surface area contributed by atoms with E-state index >= 15 is 0 Å². The zero-order chi connectivity index (χ0) is 42.7. The zero-order valence-electron chi connectivity index (χ0n) is 39.5. The maximum Gasteiger partial charge on any atom is 2.00 e. The van der Waals surface area contributed by atoms with Crippen molar-refractivity contribution in [3.8, 4) is 0 Å². The summed E-state index contributed by atoms with van der Waals surface area (Å²) >= 11 is 2.98. The van der Waals surface area contributed by atoms with Gasteiger partial charge in [-0.15, -0.1) is 0 Å². The molecule has 0 amide bonds. The second-order valence-corrected chi connectivity index (χ2v) is 17.5. The van der Waals surface area contributed by atoms with E-state index in [2.05, 4.69) is 120 Å². The number of rotatable bonds is 6. The fourth-order valence-electron chi connectivity index (χ4n) is 6.37. The number of piperidine rings is 2. The van der Waals surface area contributed by atoms with Gasteiger partial charge in [-0.05, 0) is 103 Å². The first kappa shape index (κ1) is 68.1. The standard InChI is InChI=1S/C25H46N2O4.C7H8.C5H6N3S2.3C2H6.2CH4.CH3.V/c1-21(2)13-17(14-22(3,4)26(21)11)30-19(28)25(9,10)20(29)31-18-15-23(5,6)27(12)24(7,8)16-18;1-7-5-3-2-4-6-7;1-9-4-6-3-7-5(8-4)10-2;3*1-2;;;;/h17-18H,13-16H2,1-12H3;2-6H,1H3;1-2H3;3*1-2H3;2*1H4;1H3;/q;;-1;;;;;;-1;+2. The molecule has 2 aliphatic heterocycles. The fourth-order valence-corrected chi connectivity index (χ4v) is 7.04. The first-order chi connectivity index (χ1) is 25.0. The Kier molecular flexibility index (Phi) is 36.7. The van der Waals surface area contributed by atoms with Gasteiger partial charge in [-0.1, -0.05) is 92.3 Å². The number of thioether (sulfide) groups is 2. The van der Waals surface area contributed by atoms with Crippen molar-refractivity contribution in [2.75, 3.05) is 26.6 Å². The monoisotopic (exact) mass is 891 g/mol. The summed E-state index contributed by atoms with van der Waals surface area (Å²) < 4.78 is 11.8. The second-order valence-electron chi connectivity index (χ2n) is 15.9. The Morgan fingerprint density at radius 3 is 1.17 bits per heavy atom. The molecule has 0 unspecified atom stereocenters. The van der Waals surface area contributed by atoms with Crippen LogP contribution in [0.25, 0.3) is 0 Å². The topological polar surface area (TPSA) is 97.8 Å². The number of aryl methyl sites for hydroxylation is 1. The van der Waals surface area contributed by atoms with Crippen molar-refractivity contribution in [2.24, 2.45) is 5.41 Å². The number of carbonyl (C=O) groups is 2. The molecule has 0 N–H and O–H groups in total. The summed E-state index contributed by atoms with van der Waals surface area (Å²) in [7, 11) is 4.23. The maximum absolute atomic E-state index is 13.1. The SMILES string of the molecule is C.C.CC.CC.CC.CN1C(C)(C)CC(OC(=O)C(C)(C)C(=O)OC2CC(C)(C)N(C)C(C)(C)C2)CC1(C)C.CSc1n[c-]nc(SC)n1.Cc1ccccc1.[CH3-].[V+2]. The van der Waals surface area contributed by atoms with Crippen molar-refractivity contribution < 1.29 is 37.6 Å². The number of esters is 2. The third-order valence-electron chi connectivity index (χ3n) is 9.90. The average Bonchev–Trinajstić information content (AvgIpc) is 3.12. The molecule has 2 aliphatic rings. The molecule has 0 aliphatic carbocycles.